The van der Waals surface area contributed by atoms with Crippen LogP contribution in [-0.4, -0.2) is 64.3 Å². The van der Waals surface area contributed by atoms with Gasteiger partial charge in [0.05, 0.1) is 18.3 Å². The Morgan fingerprint density at radius 1 is 1.24 bits per heavy atom. The summed E-state index contributed by atoms with van der Waals surface area (Å²) >= 11 is 0. The third kappa shape index (κ3) is 3.53. The molecule has 1 aliphatic rings. The molecule has 1 aliphatic heterocycles. The Kier molecular flexibility index (Phi) is 5.10. The van der Waals surface area contributed by atoms with Crippen LogP contribution in [0.2, 0.25) is 0 Å². The van der Waals surface area contributed by atoms with E-state index < -0.39 is 0 Å². The lowest BCUT2D eigenvalue weighted by molar-refractivity contribution is 0.0764. The maximum absolute atomic E-state index is 12.9. The molecular formula is C22H26N8O3. The van der Waals surface area contributed by atoms with Gasteiger partial charge in [-0.3, -0.25) is 9.48 Å². The summed E-state index contributed by atoms with van der Waals surface area (Å²) in [6.45, 7) is 9.36. The van der Waals surface area contributed by atoms with Crippen molar-refractivity contribution in [2.45, 2.75) is 46.8 Å². The van der Waals surface area contributed by atoms with Gasteiger partial charge in [0.1, 0.15) is 24.0 Å². The predicted octanol–water partition coefficient (Wildman–Crippen LogP) is 2.45. The van der Waals surface area contributed by atoms with Crippen LogP contribution in [0, 0.1) is 20.8 Å². The van der Waals surface area contributed by atoms with Crippen LogP contribution in [0.4, 0.5) is 0 Å². The van der Waals surface area contributed by atoms with Crippen LogP contribution in [-0.2, 0) is 13.6 Å². The number of ether oxygens (including phenoxy) is 1. The van der Waals surface area contributed by atoms with Crippen molar-refractivity contribution < 1.29 is 13.9 Å². The average Bonchev–Trinajstić information content (AvgIpc) is 3.55. The number of carbonyl (C=O) groups is 1. The molecule has 11 heteroatoms. The van der Waals surface area contributed by atoms with Crippen LogP contribution in [0.25, 0.3) is 22.6 Å². The minimum atomic E-state index is -0.199. The number of hydrogen-bond acceptors (Lipinski definition) is 8. The summed E-state index contributed by atoms with van der Waals surface area (Å²) in [6, 6.07) is 0. The zero-order valence-electron chi connectivity index (χ0n) is 19.4. The van der Waals surface area contributed by atoms with Crippen molar-refractivity contribution in [2.24, 2.45) is 7.05 Å². The molecule has 5 rings (SSSR count). The van der Waals surface area contributed by atoms with Gasteiger partial charge in [-0.25, -0.2) is 15.0 Å². The van der Waals surface area contributed by atoms with E-state index in [1.807, 2.05) is 29.4 Å². The molecule has 172 valence electrons. The lowest BCUT2D eigenvalue weighted by Crippen LogP contribution is -2.31. The molecule has 1 atom stereocenters. The maximum atomic E-state index is 12.9. The van der Waals surface area contributed by atoms with Crippen molar-refractivity contribution in [3.8, 4) is 17.3 Å². The van der Waals surface area contributed by atoms with Crippen LogP contribution in [0.1, 0.15) is 41.2 Å². The minimum Gasteiger partial charge on any atom is -0.471 e. The molecule has 0 aliphatic carbocycles. The number of oxazole rings is 1. The number of aromatic nitrogens is 7. The summed E-state index contributed by atoms with van der Waals surface area (Å²) < 4.78 is 15.5. The van der Waals surface area contributed by atoms with Crippen LogP contribution in [0.15, 0.2) is 16.9 Å². The third-order valence-corrected chi connectivity index (χ3v) is 6.08. The molecular weight excluding hydrogens is 424 g/mol. The summed E-state index contributed by atoms with van der Waals surface area (Å²) in [6.07, 6.45) is 3.79. The Hall–Kier alpha value is -3.76. The van der Waals surface area contributed by atoms with Gasteiger partial charge in [0.2, 0.25) is 5.88 Å². The fraction of sp³-hybridized carbons (Fsp3) is 0.455. The Morgan fingerprint density at radius 2 is 2.06 bits per heavy atom. The predicted molar refractivity (Wildman–Crippen MR) is 119 cm³/mol. The van der Waals surface area contributed by atoms with Gasteiger partial charge in [0.15, 0.2) is 22.7 Å². The average molecular weight is 451 g/mol. The van der Waals surface area contributed by atoms with Gasteiger partial charge in [-0.1, -0.05) is 0 Å². The van der Waals surface area contributed by atoms with Crippen molar-refractivity contribution in [1.29, 1.82) is 0 Å². The van der Waals surface area contributed by atoms with E-state index in [1.165, 1.54) is 6.33 Å². The van der Waals surface area contributed by atoms with Crippen molar-refractivity contribution in [3.05, 3.63) is 35.6 Å². The zero-order chi connectivity index (χ0) is 23.3. The van der Waals surface area contributed by atoms with E-state index in [1.54, 1.807) is 18.7 Å². The summed E-state index contributed by atoms with van der Waals surface area (Å²) in [5.74, 6) is 2.04. The van der Waals surface area contributed by atoms with Crippen molar-refractivity contribution >= 4 is 17.1 Å². The van der Waals surface area contributed by atoms with Gasteiger partial charge < -0.3 is 18.6 Å². The summed E-state index contributed by atoms with van der Waals surface area (Å²) in [7, 11) is 1.92. The van der Waals surface area contributed by atoms with Gasteiger partial charge in [-0.15, -0.1) is 0 Å². The number of fused-ring (bicyclic) bond motifs is 1. The summed E-state index contributed by atoms with van der Waals surface area (Å²) in [5.41, 5.74) is 3.61. The first-order valence-corrected chi connectivity index (χ1v) is 11.0. The molecule has 0 N–H and O–H groups in total. The van der Waals surface area contributed by atoms with E-state index in [9.17, 15) is 4.79 Å². The normalized spacial score (nSPS) is 16.2. The first-order valence-electron chi connectivity index (χ1n) is 11.0. The molecule has 4 aromatic rings. The van der Waals surface area contributed by atoms with Crippen LogP contribution in [0.3, 0.4) is 0 Å². The molecule has 1 amide bonds. The molecule has 5 heterocycles. The molecule has 33 heavy (non-hydrogen) atoms. The Bertz CT molecular complexity index is 1350. The number of hydrogen-bond donors (Lipinski definition) is 0. The third-order valence-electron chi connectivity index (χ3n) is 6.08. The first kappa shape index (κ1) is 21.1. The molecule has 0 bridgehead atoms. The van der Waals surface area contributed by atoms with E-state index in [0.717, 1.165) is 23.6 Å². The van der Waals surface area contributed by atoms with Gasteiger partial charge in [-0.2, -0.15) is 10.1 Å². The lowest BCUT2D eigenvalue weighted by atomic mass is 10.2. The summed E-state index contributed by atoms with van der Waals surface area (Å²) in [5, 5.41) is 4.43. The number of imidazole rings is 1. The molecule has 0 radical (unpaired) electrons. The highest BCUT2D eigenvalue weighted by Gasteiger charge is 2.32. The molecule has 1 unspecified atom stereocenters. The largest absolute Gasteiger partial charge is 0.471 e. The van der Waals surface area contributed by atoms with Gasteiger partial charge >= 0.3 is 0 Å². The van der Waals surface area contributed by atoms with Crippen LogP contribution in [0.5, 0.6) is 5.88 Å². The molecule has 0 aromatic carbocycles. The molecule has 4 aromatic heterocycles. The van der Waals surface area contributed by atoms with Crippen molar-refractivity contribution in [2.75, 3.05) is 13.1 Å². The van der Waals surface area contributed by atoms with E-state index in [-0.39, 0.29) is 12.0 Å². The lowest BCUT2D eigenvalue weighted by Gasteiger charge is -2.16. The Morgan fingerprint density at radius 3 is 2.76 bits per heavy atom. The number of amides is 1. The van der Waals surface area contributed by atoms with E-state index in [4.69, 9.17) is 14.1 Å². The van der Waals surface area contributed by atoms with Crippen molar-refractivity contribution in [1.82, 2.24) is 39.2 Å². The number of rotatable bonds is 5. The zero-order valence-corrected chi connectivity index (χ0v) is 19.4. The first-order chi connectivity index (χ1) is 15.9. The maximum Gasteiger partial charge on any atom is 0.276 e. The fourth-order valence-electron chi connectivity index (χ4n) is 4.33. The van der Waals surface area contributed by atoms with Crippen LogP contribution >= 0.6 is 0 Å². The molecule has 1 fully saturated rings. The second-order valence-electron chi connectivity index (χ2n) is 8.22. The monoisotopic (exact) mass is 450 g/mol. The SMILES string of the molecule is CCn1ncc(-c2nc3c(OC4CCN(C(=O)c5nc(C)oc5C)C4)ncnc3n2C)c1C. The minimum absolute atomic E-state index is 0.146. The van der Waals surface area contributed by atoms with Crippen LogP contribution < -0.4 is 4.74 Å². The highest BCUT2D eigenvalue weighted by atomic mass is 16.5. The Balaban J connectivity index is 1.39. The number of aryl methyl sites for hydroxylation is 4. The highest BCUT2D eigenvalue weighted by molar-refractivity contribution is 5.93. The molecule has 11 nitrogen and oxygen atoms in total. The smallest absolute Gasteiger partial charge is 0.276 e. The fourth-order valence-corrected chi connectivity index (χ4v) is 4.33. The highest BCUT2D eigenvalue weighted by Crippen LogP contribution is 2.30. The topological polar surface area (TPSA) is 117 Å². The van der Waals surface area contributed by atoms with Gasteiger partial charge in [0, 0.05) is 39.2 Å². The second-order valence-corrected chi connectivity index (χ2v) is 8.22. The molecule has 0 spiro atoms. The van der Waals surface area contributed by atoms with E-state index >= 15 is 0 Å². The van der Waals surface area contributed by atoms with Crippen molar-refractivity contribution in [3.63, 3.8) is 0 Å². The number of likely N-dealkylation sites (tertiary alicyclic amines) is 1. The van der Waals surface area contributed by atoms with E-state index in [0.29, 0.717) is 53.9 Å². The second kappa shape index (κ2) is 7.98. The summed E-state index contributed by atoms with van der Waals surface area (Å²) in [4.78, 5) is 32.4. The van der Waals surface area contributed by atoms with Gasteiger partial charge in [0.25, 0.3) is 5.91 Å². The van der Waals surface area contributed by atoms with Gasteiger partial charge in [-0.05, 0) is 20.8 Å². The molecule has 1 saturated heterocycles. The molecule has 0 saturated carbocycles. The Labute approximate surface area is 190 Å². The number of carbonyl (C=O) groups excluding carboxylic acids is 1. The number of nitrogens with zero attached hydrogens (tertiary/aromatic N) is 8. The van der Waals surface area contributed by atoms with E-state index in [2.05, 4.69) is 27.0 Å². The quantitative estimate of drug-likeness (QED) is 0.455. The standard InChI is InChI=1S/C22H26N8O3/c1-6-30-12(2)16(9-25-30)19-27-18-20(28(19)5)23-11-24-21(18)33-15-7-8-29(10-15)22(31)17-13(3)32-14(4)26-17/h9,11,15H,6-8,10H2,1-5H3.